The van der Waals surface area contributed by atoms with Gasteiger partial charge in [0, 0.05) is 11.6 Å². The van der Waals surface area contributed by atoms with Crippen molar-refractivity contribution >= 4 is 17.7 Å². The van der Waals surface area contributed by atoms with Gasteiger partial charge in [-0.3, -0.25) is 0 Å². The molecule has 1 fully saturated rings. The number of halogens is 1. The number of carbonyl (C=O) groups excluding carboxylic acids is 1. The number of carbonyl (C=O) groups is 1. The van der Waals surface area contributed by atoms with E-state index in [4.69, 9.17) is 16.3 Å². The molecule has 0 bridgehead atoms. The Morgan fingerprint density at radius 3 is 2.44 bits per heavy atom. The maximum atomic E-state index is 12.2. The van der Waals surface area contributed by atoms with E-state index in [1.165, 1.54) is 0 Å². The van der Waals surface area contributed by atoms with Crippen LogP contribution in [0.5, 0.6) is 11.5 Å². The molecule has 0 unspecified atom stereocenters. The van der Waals surface area contributed by atoms with Gasteiger partial charge in [-0.25, -0.2) is 4.79 Å². The van der Waals surface area contributed by atoms with Crippen molar-refractivity contribution in [1.82, 2.24) is 4.90 Å². The maximum Gasteiger partial charge on any atom is 0.410 e. The summed E-state index contributed by atoms with van der Waals surface area (Å²) in [5.74, 6) is 0.0591. The Morgan fingerprint density at radius 1 is 1.12 bits per heavy atom. The highest BCUT2D eigenvalue weighted by atomic mass is 35.5. The van der Waals surface area contributed by atoms with Gasteiger partial charge in [-0.05, 0) is 59.7 Å². The molecule has 4 rings (SSSR count). The van der Waals surface area contributed by atoms with Crippen molar-refractivity contribution in [2.45, 2.75) is 18.9 Å². The summed E-state index contributed by atoms with van der Waals surface area (Å²) in [4.78, 5) is 13.9. The van der Waals surface area contributed by atoms with Crippen LogP contribution in [0.3, 0.4) is 0 Å². The Kier molecular flexibility index (Phi) is 3.96. The van der Waals surface area contributed by atoms with Gasteiger partial charge in [-0.15, -0.1) is 0 Å². The van der Waals surface area contributed by atoms with E-state index in [0.717, 1.165) is 29.5 Å². The van der Waals surface area contributed by atoms with Gasteiger partial charge in [0.2, 0.25) is 0 Å². The molecule has 2 aromatic rings. The highest BCUT2D eigenvalue weighted by Gasteiger charge is 2.35. The van der Waals surface area contributed by atoms with E-state index in [1.807, 2.05) is 18.2 Å². The van der Waals surface area contributed by atoms with E-state index >= 15 is 0 Å². The molecule has 6 heteroatoms. The lowest BCUT2D eigenvalue weighted by molar-refractivity contribution is 0.131. The fraction of sp³-hybridized carbons (Fsp3) is 0.316. The molecule has 130 valence electrons. The highest BCUT2D eigenvalue weighted by molar-refractivity contribution is 6.30. The van der Waals surface area contributed by atoms with Gasteiger partial charge < -0.3 is 19.8 Å². The highest BCUT2D eigenvalue weighted by Crippen LogP contribution is 2.36. The van der Waals surface area contributed by atoms with Crippen molar-refractivity contribution in [3.05, 3.63) is 58.1 Å². The lowest BCUT2D eigenvalue weighted by Gasteiger charge is -2.17. The van der Waals surface area contributed by atoms with Gasteiger partial charge in [-0.1, -0.05) is 23.7 Å². The summed E-state index contributed by atoms with van der Waals surface area (Å²) >= 11 is 6.02. The molecular weight excluding hydrogens is 342 g/mol. The van der Waals surface area contributed by atoms with Gasteiger partial charge in [0.15, 0.2) is 11.5 Å². The summed E-state index contributed by atoms with van der Waals surface area (Å²) in [5, 5.41) is 19.9. The molecule has 25 heavy (non-hydrogen) atoms. The monoisotopic (exact) mass is 359 g/mol. The van der Waals surface area contributed by atoms with Crippen LogP contribution in [0.1, 0.15) is 22.8 Å². The van der Waals surface area contributed by atoms with Crippen LogP contribution in [-0.4, -0.2) is 34.3 Å². The van der Waals surface area contributed by atoms with Crippen molar-refractivity contribution < 1.29 is 19.7 Å². The van der Waals surface area contributed by atoms with Crippen LogP contribution < -0.4 is 0 Å². The molecule has 0 saturated carbocycles. The lowest BCUT2D eigenvalue weighted by atomic mass is 10.1. The van der Waals surface area contributed by atoms with Gasteiger partial charge >= 0.3 is 6.09 Å². The average molecular weight is 360 g/mol. The van der Waals surface area contributed by atoms with Crippen molar-refractivity contribution in [3.63, 3.8) is 0 Å². The van der Waals surface area contributed by atoms with Gasteiger partial charge in [-0.2, -0.15) is 0 Å². The zero-order valence-electron chi connectivity index (χ0n) is 13.5. The van der Waals surface area contributed by atoms with Crippen LogP contribution in [0.2, 0.25) is 5.02 Å². The largest absolute Gasteiger partial charge is 0.504 e. The summed E-state index contributed by atoms with van der Waals surface area (Å²) in [7, 11) is 0. The third-order valence-electron chi connectivity index (χ3n) is 4.90. The minimum atomic E-state index is -0.313. The second-order valence-electron chi connectivity index (χ2n) is 6.72. The number of amides is 1. The van der Waals surface area contributed by atoms with Crippen molar-refractivity contribution in [2.24, 2.45) is 5.92 Å². The molecule has 1 saturated heterocycles. The SMILES string of the molecule is O=C1O[C@H](c2cccc(Cl)c2)CN1CC1Cc2cc(O)c(O)cc2C1. The summed E-state index contributed by atoms with van der Waals surface area (Å²) in [6.07, 6.45) is 0.929. The maximum absolute atomic E-state index is 12.2. The third kappa shape index (κ3) is 3.12. The number of phenolic OH excluding ortho intramolecular Hbond substituents is 2. The predicted octanol–water partition coefficient (Wildman–Crippen LogP) is 3.66. The average Bonchev–Trinajstić information content (AvgIpc) is 3.11. The molecule has 0 radical (unpaired) electrons. The second kappa shape index (κ2) is 6.15. The number of cyclic esters (lactones) is 1. The molecule has 5 nitrogen and oxygen atoms in total. The smallest absolute Gasteiger partial charge is 0.410 e. The zero-order valence-corrected chi connectivity index (χ0v) is 14.2. The molecule has 2 aromatic carbocycles. The number of fused-ring (bicyclic) bond motifs is 1. The molecule has 1 aliphatic carbocycles. The summed E-state index contributed by atoms with van der Waals surface area (Å²) in [5.41, 5.74) is 2.95. The van der Waals surface area contributed by atoms with Crippen LogP contribution in [0.4, 0.5) is 4.79 Å². The fourth-order valence-corrected chi connectivity index (χ4v) is 3.91. The van der Waals surface area contributed by atoms with Crippen molar-refractivity contribution in [2.75, 3.05) is 13.1 Å². The Labute approximate surface area is 150 Å². The Bertz CT molecular complexity index is 807. The van der Waals surface area contributed by atoms with E-state index in [0.29, 0.717) is 18.1 Å². The molecule has 1 aliphatic heterocycles. The molecule has 1 heterocycles. The number of aromatic hydroxyl groups is 2. The van der Waals surface area contributed by atoms with Gasteiger partial charge in [0.05, 0.1) is 6.54 Å². The normalized spacial score (nSPS) is 20.0. The number of nitrogens with zero attached hydrogens (tertiary/aromatic N) is 1. The van der Waals surface area contributed by atoms with Crippen LogP contribution in [-0.2, 0) is 17.6 Å². The van der Waals surface area contributed by atoms with E-state index < -0.39 is 0 Å². The summed E-state index contributed by atoms with van der Waals surface area (Å²) < 4.78 is 5.49. The Morgan fingerprint density at radius 2 is 1.80 bits per heavy atom. The first-order valence-corrected chi connectivity index (χ1v) is 8.62. The van der Waals surface area contributed by atoms with Gasteiger partial charge in [0.25, 0.3) is 0 Å². The minimum absolute atomic E-state index is 0.0963. The molecule has 0 spiro atoms. The van der Waals surface area contributed by atoms with E-state index in [2.05, 4.69) is 0 Å². The summed E-state index contributed by atoms with van der Waals surface area (Å²) in [6, 6.07) is 10.6. The number of benzene rings is 2. The number of rotatable bonds is 3. The number of hydrogen-bond acceptors (Lipinski definition) is 4. The van der Waals surface area contributed by atoms with E-state index in [-0.39, 0.29) is 29.6 Å². The van der Waals surface area contributed by atoms with E-state index in [9.17, 15) is 15.0 Å². The standard InChI is InChI=1S/C19H18ClNO4/c20-15-3-1-2-12(6-15)18-10-21(19(24)25-18)9-11-4-13-7-16(22)17(23)8-14(13)5-11/h1-3,6-8,11,18,22-23H,4-5,9-10H2/t18-/m0/s1. The van der Waals surface area contributed by atoms with Crippen LogP contribution in [0.15, 0.2) is 36.4 Å². The number of phenols is 2. The molecular formula is C19H18ClNO4. The number of hydrogen-bond donors (Lipinski definition) is 2. The Hall–Kier alpha value is -2.40. The first-order chi connectivity index (χ1) is 12.0. The van der Waals surface area contributed by atoms with Crippen molar-refractivity contribution in [1.29, 1.82) is 0 Å². The zero-order chi connectivity index (χ0) is 17.6. The first kappa shape index (κ1) is 16.1. The topological polar surface area (TPSA) is 70.0 Å². The number of ether oxygens (including phenoxy) is 1. The third-order valence-corrected chi connectivity index (χ3v) is 5.14. The van der Waals surface area contributed by atoms with Crippen LogP contribution >= 0.6 is 11.6 Å². The molecule has 2 aliphatic rings. The van der Waals surface area contributed by atoms with Crippen LogP contribution in [0.25, 0.3) is 0 Å². The second-order valence-corrected chi connectivity index (χ2v) is 7.15. The molecule has 1 atom stereocenters. The Balaban J connectivity index is 1.43. The van der Waals surface area contributed by atoms with Crippen molar-refractivity contribution in [3.8, 4) is 11.5 Å². The molecule has 2 N–H and O–H groups in total. The minimum Gasteiger partial charge on any atom is -0.504 e. The quantitative estimate of drug-likeness (QED) is 0.820. The fourth-order valence-electron chi connectivity index (χ4n) is 3.72. The summed E-state index contributed by atoms with van der Waals surface area (Å²) in [6.45, 7) is 1.09. The molecule has 0 aromatic heterocycles. The van der Waals surface area contributed by atoms with Crippen LogP contribution in [0, 0.1) is 5.92 Å². The predicted molar refractivity (Wildman–Crippen MR) is 92.9 cm³/mol. The van der Waals surface area contributed by atoms with E-state index in [1.54, 1.807) is 23.1 Å². The first-order valence-electron chi connectivity index (χ1n) is 8.24. The van der Waals surface area contributed by atoms with Gasteiger partial charge in [0.1, 0.15) is 6.10 Å². The lowest BCUT2D eigenvalue weighted by Crippen LogP contribution is -2.30. The molecule has 1 amide bonds.